The lowest BCUT2D eigenvalue weighted by molar-refractivity contribution is 0.0560. The van der Waals surface area contributed by atoms with Crippen molar-refractivity contribution in [3.8, 4) is 0 Å². The lowest BCUT2D eigenvalue weighted by Crippen LogP contribution is -2.58. The van der Waals surface area contributed by atoms with Crippen LogP contribution < -0.4 is 5.32 Å². The molecular weight excluding hydrogens is 554 g/mol. The number of amides is 1. The highest BCUT2D eigenvalue weighted by atomic mass is 32.2. The number of benzene rings is 1. The second kappa shape index (κ2) is 11.8. The number of nitrogens with zero attached hydrogens (tertiary/aromatic N) is 3. The predicted molar refractivity (Wildman–Crippen MR) is 157 cm³/mol. The Morgan fingerprint density at radius 1 is 1.27 bits per heavy atom. The highest BCUT2D eigenvalue weighted by Crippen LogP contribution is 2.39. The smallest absolute Gasteiger partial charge is 0.413 e. The summed E-state index contributed by atoms with van der Waals surface area (Å²) in [5.41, 5.74) is -2.28. The summed E-state index contributed by atoms with van der Waals surface area (Å²) < 4.78 is 66.1. The van der Waals surface area contributed by atoms with Crippen LogP contribution in [0.4, 0.5) is 13.6 Å². The van der Waals surface area contributed by atoms with E-state index in [1.165, 1.54) is 46.0 Å². The number of rotatable bonds is 8. The first-order valence-corrected chi connectivity index (χ1v) is 14.9. The number of aliphatic imine (C=N–C) groups is 3. The molecule has 0 radical (unpaired) electrons. The minimum absolute atomic E-state index is 0.0159. The molecule has 1 aromatic carbocycles. The van der Waals surface area contributed by atoms with Gasteiger partial charge in [0.15, 0.2) is 9.84 Å². The molecule has 0 aromatic heterocycles. The minimum Gasteiger partial charge on any atom is -0.476 e. The number of carbonyl (C=O) groups is 1. The maximum Gasteiger partial charge on any atom is 0.413 e. The van der Waals surface area contributed by atoms with Crippen molar-refractivity contribution in [3.05, 3.63) is 53.1 Å². The SMILES string of the molecule is C=N\C(=C/N=C(C)\C(F)=C\c1ccc(F)c([C@]2(C)CS(=O)(=O)C(C)(C)C(NC(=O)OC(C)(C)C)=N2)c1)OCC1CC1. The van der Waals surface area contributed by atoms with Crippen LogP contribution in [0.25, 0.3) is 6.08 Å². The Labute approximate surface area is 240 Å². The van der Waals surface area contributed by atoms with E-state index < -0.39 is 49.2 Å². The number of allylic oxidation sites excluding steroid dienone is 1. The Balaban J connectivity index is 1.95. The van der Waals surface area contributed by atoms with E-state index in [0.717, 1.165) is 25.0 Å². The van der Waals surface area contributed by atoms with Crippen LogP contribution in [-0.4, -0.2) is 55.5 Å². The molecule has 0 spiro atoms. The first-order valence-electron chi connectivity index (χ1n) is 13.2. The molecule has 1 heterocycles. The maximum absolute atomic E-state index is 15.2. The Kier molecular flexibility index (Phi) is 9.27. The van der Waals surface area contributed by atoms with Gasteiger partial charge in [-0.25, -0.2) is 27.0 Å². The van der Waals surface area contributed by atoms with E-state index in [4.69, 9.17) is 9.47 Å². The first-order chi connectivity index (χ1) is 18.9. The maximum atomic E-state index is 15.2. The van der Waals surface area contributed by atoms with Gasteiger partial charge in [-0.1, -0.05) is 6.07 Å². The predicted octanol–water partition coefficient (Wildman–Crippen LogP) is 5.87. The van der Waals surface area contributed by atoms with E-state index in [2.05, 4.69) is 27.0 Å². The van der Waals surface area contributed by atoms with Crippen LogP contribution in [0, 0.1) is 11.7 Å². The molecule has 0 unspecified atom stereocenters. The second-order valence-electron chi connectivity index (χ2n) is 12.0. The third-order valence-corrected chi connectivity index (χ3v) is 9.39. The van der Waals surface area contributed by atoms with Crippen LogP contribution in [0.2, 0.25) is 0 Å². The molecule has 41 heavy (non-hydrogen) atoms. The molecule has 1 fully saturated rings. The Hall–Kier alpha value is -3.41. The zero-order valence-electron chi connectivity index (χ0n) is 24.5. The summed E-state index contributed by atoms with van der Waals surface area (Å²) in [5.74, 6) is -1.49. The molecule has 3 rings (SSSR count). The number of amidine groups is 1. The Morgan fingerprint density at radius 2 is 1.93 bits per heavy atom. The lowest BCUT2D eigenvalue weighted by atomic mass is 9.91. The Bertz CT molecular complexity index is 1440. The van der Waals surface area contributed by atoms with Crippen LogP contribution in [0.3, 0.4) is 0 Å². The largest absolute Gasteiger partial charge is 0.476 e. The quantitative estimate of drug-likeness (QED) is 0.299. The zero-order valence-corrected chi connectivity index (χ0v) is 25.4. The van der Waals surface area contributed by atoms with Crippen molar-refractivity contribution in [1.82, 2.24) is 5.32 Å². The van der Waals surface area contributed by atoms with Crippen molar-refractivity contribution in [3.63, 3.8) is 0 Å². The molecule has 12 heteroatoms. The van der Waals surface area contributed by atoms with Crippen LogP contribution in [0.1, 0.15) is 72.4 Å². The fourth-order valence-corrected chi connectivity index (χ4v) is 5.66. The number of nitrogens with one attached hydrogen (secondary N) is 1. The van der Waals surface area contributed by atoms with Gasteiger partial charge in [-0.05, 0) is 97.7 Å². The zero-order chi connectivity index (χ0) is 30.8. The van der Waals surface area contributed by atoms with Crippen LogP contribution in [0.15, 0.2) is 51.1 Å². The fraction of sp³-hybridized carbons (Fsp3) is 0.517. The minimum atomic E-state index is -3.95. The van der Waals surface area contributed by atoms with Gasteiger partial charge in [0.2, 0.25) is 5.88 Å². The van der Waals surface area contributed by atoms with Gasteiger partial charge in [0.05, 0.1) is 24.3 Å². The first kappa shape index (κ1) is 32.1. The number of alkyl carbamates (subject to hydrolysis) is 1. The molecule has 1 aromatic rings. The van der Waals surface area contributed by atoms with E-state index in [1.807, 2.05) is 0 Å². The average Bonchev–Trinajstić information content (AvgIpc) is 3.66. The van der Waals surface area contributed by atoms with Gasteiger partial charge in [0.25, 0.3) is 0 Å². The number of sulfone groups is 1. The summed E-state index contributed by atoms with van der Waals surface area (Å²) >= 11 is 0. The van der Waals surface area contributed by atoms with Gasteiger partial charge < -0.3 is 9.47 Å². The summed E-state index contributed by atoms with van der Waals surface area (Å²) in [7, 11) is -3.95. The summed E-state index contributed by atoms with van der Waals surface area (Å²) in [6.45, 7) is 14.6. The monoisotopic (exact) mass is 592 g/mol. The summed E-state index contributed by atoms with van der Waals surface area (Å²) in [4.78, 5) is 24.8. The molecular formula is C29H38F2N4O5S. The van der Waals surface area contributed by atoms with E-state index >= 15 is 8.78 Å². The van der Waals surface area contributed by atoms with Gasteiger partial charge in [-0.2, -0.15) is 0 Å². The molecule has 0 bridgehead atoms. The van der Waals surface area contributed by atoms with Crippen molar-refractivity contribution >= 4 is 40.3 Å². The van der Waals surface area contributed by atoms with Gasteiger partial charge in [0.1, 0.15) is 33.4 Å². The van der Waals surface area contributed by atoms with Crippen LogP contribution >= 0.6 is 0 Å². The van der Waals surface area contributed by atoms with Gasteiger partial charge in [-0.3, -0.25) is 15.3 Å². The van der Waals surface area contributed by atoms with E-state index in [-0.39, 0.29) is 28.6 Å². The van der Waals surface area contributed by atoms with Crippen molar-refractivity contribution < 1.29 is 31.5 Å². The second-order valence-corrected chi connectivity index (χ2v) is 14.5. The van der Waals surface area contributed by atoms with Crippen molar-refractivity contribution in [1.29, 1.82) is 0 Å². The molecule has 1 N–H and O–H groups in total. The number of carbonyl (C=O) groups excluding carboxylic acids is 1. The average molecular weight is 593 g/mol. The third-order valence-electron chi connectivity index (χ3n) is 6.69. The number of hydrogen-bond acceptors (Lipinski definition) is 8. The summed E-state index contributed by atoms with van der Waals surface area (Å²) in [6, 6.07) is 3.79. The molecule has 1 amide bonds. The van der Waals surface area contributed by atoms with Gasteiger partial charge in [-0.15, -0.1) is 0 Å². The molecule has 1 aliphatic carbocycles. The number of hydrogen-bond donors (Lipinski definition) is 1. The van der Waals surface area contributed by atoms with Crippen molar-refractivity contribution in [2.75, 3.05) is 12.4 Å². The molecule has 0 saturated heterocycles. The Morgan fingerprint density at radius 3 is 2.51 bits per heavy atom. The molecule has 1 atom stereocenters. The standard InChI is InChI=1S/C29H38F2N4O5S/c1-18(33-15-24(32-8)39-16-19-9-10-19)23(31)14-20-11-12-22(30)21(13-20)29(7)17-41(37,38)28(5,6)25(35-29)34-26(36)40-27(2,3)4/h11-15,19H,8-10,16-17H2,1-7H3,(H,34,35,36)/b23-14-,24-15+,33-18-/t29-/m0/s1. The van der Waals surface area contributed by atoms with Crippen LogP contribution in [0.5, 0.6) is 0 Å². The van der Waals surface area contributed by atoms with Crippen molar-refractivity contribution in [2.45, 2.75) is 77.2 Å². The van der Waals surface area contributed by atoms with Crippen LogP contribution in [-0.2, 0) is 24.8 Å². The van der Waals surface area contributed by atoms with Crippen molar-refractivity contribution in [2.24, 2.45) is 20.9 Å². The van der Waals surface area contributed by atoms with Gasteiger partial charge in [0, 0.05) is 5.56 Å². The van der Waals surface area contributed by atoms with E-state index in [1.54, 1.807) is 20.8 Å². The molecule has 9 nitrogen and oxygen atoms in total. The lowest BCUT2D eigenvalue weighted by Gasteiger charge is -2.39. The van der Waals surface area contributed by atoms with E-state index in [9.17, 15) is 13.2 Å². The molecule has 224 valence electrons. The topological polar surface area (TPSA) is 119 Å². The molecule has 1 saturated carbocycles. The number of halogens is 2. The number of ether oxygens (including phenoxy) is 2. The highest BCUT2D eigenvalue weighted by Gasteiger charge is 2.51. The highest BCUT2D eigenvalue weighted by molar-refractivity contribution is 7.93. The molecule has 2 aliphatic rings. The van der Waals surface area contributed by atoms with Gasteiger partial charge >= 0.3 is 6.09 Å². The van der Waals surface area contributed by atoms with E-state index in [0.29, 0.717) is 12.5 Å². The third kappa shape index (κ3) is 8.08. The molecule has 1 aliphatic heterocycles. The summed E-state index contributed by atoms with van der Waals surface area (Å²) in [5, 5.41) is 2.45. The fourth-order valence-electron chi connectivity index (χ4n) is 3.95. The summed E-state index contributed by atoms with van der Waals surface area (Å²) in [6.07, 6.45) is 3.73. The normalized spacial score (nSPS) is 23.0.